The number of allylic oxidation sites excluding steroid dienone is 1. The molecule has 9 heteroatoms. The number of ether oxygens (including phenoxy) is 1. The molecule has 3 rings (SSSR count). The second kappa shape index (κ2) is 12.0. The lowest BCUT2D eigenvalue weighted by Gasteiger charge is -2.15. The van der Waals surface area contributed by atoms with Gasteiger partial charge in [0.15, 0.2) is 11.0 Å². The quantitative estimate of drug-likeness (QED) is 0.313. The molecule has 1 aromatic heterocycles. The number of hydrogen-bond donors (Lipinski definition) is 2. The number of rotatable bonds is 11. The minimum atomic E-state index is -0.381. The molecule has 2 N–H and O–H groups in total. The van der Waals surface area contributed by atoms with Gasteiger partial charge in [-0.05, 0) is 57.2 Å². The molecule has 0 aliphatic heterocycles. The summed E-state index contributed by atoms with van der Waals surface area (Å²) >= 11 is 1.27. The summed E-state index contributed by atoms with van der Waals surface area (Å²) in [6.45, 7) is 10.6. The van der Waals surface area contributed by atoms with Crippen LogP contribution in [-0.4, -0.2) is 38.9 Å². The second-order valence-corrected chi connectivity index (χ2v) is 8.54. The molecule has 0 fully saturated rings. The number of aromatic nitrogens is 3. The van der Waals surface area contributed by atoms with Crippen molar-refractivity contribution in [1.82, 2.24) is 20.1 Å². The van der Waals surface area contributed by atoms with Crippen molar-refractivity contribution in [3.8, 4) is 5.75 Å². The first-order valence-corrected chi connectivity index (χ1v) is 12.0. The van der Waals surface area contributed by atoms with Gasteiger partial charge >= 0.3 is 0 Å². The number of anilines is 1. The van der Waals surface area contributed by atoms with E-state index in [2.05, 4.69) is 27.4 Å². The number of carbonyl (C=O) groups excluding carboxylic acids is 2. The summed E-state index contributed by atoms with van der Waals surface area (Å²) in [5.74, 6) is 1.15. The highest BCUT2D eigenvalue weighted by molar-refractivity contribution is 7.99. The second-order valence-electron chi connectivity index (χ2n) is 7.60. The Morgan fingerprint density at radius 3 is 2.50 bits per heavy atom. The van der Waals surface area contributed by atoms with Gasteiger partial charge in [0.2, 0.25) is 5.91 Å². The smallest absolute Gasteiger partial charge is 0.251 e. The lowest BCUT2D eigenvalue weighted by Crippen LogP contribution is -2.28. The highest BCUT2D eigenvalue weighted by Gasteiger charge is 2.20. The van der Waals surface area contributed by atoms with Crippen LogP contribution in [0.3, 0.4) is 0 Å². The highest BCUT2D eigenvalue weighted by Crippen LogP contribution is 2.22. The van der Waals surface area contributed by atoms with E-state index in [1.54, 1.807) is 30.3 Å². The Balaban J connectivity index is 1.62. The zero-order valence-corrected chi connectivity index (χ0v) is 20.4. The van der Waals surface area contributed by atoms with Gasteiger partial charge in [-0.15, -0.1) is 16.8 Å². The van der Waals surface area contributed by atoms with Gasteiger partial charge in [0.1, 0.15) is 5.75 Å². The predicted octanol–water partition coefficient (Wildman–Crippen LogP) is 4.39. The summed E-state index contributed by atoms with van der Waals surface area (Å²) in [5.41, 5.74) is 2.35. The fraction of sp³-hybridized carbons (Fsp3) is 0.280. The van der Waals surface area contributed by atoms with E-state index in [-0.39, 0.29) is 23.6 Å². The van der Waals surface area contributed by atoms with Crippen LogP contribution < -0.4 is 15.4 Å². The van der Waals surface area contributed by atoms with Crippen LogP contribution >= 0.6 is 11.8 Å². The van der Waals surface area contributed by atoms with Gasteiger partial charge < -0.3 is 19.9 Å². The average molecular weight is 480 g/mol. The van der Waals surface area contributed by atoms with Crippen LogP contribution in [0.2, 0.25) is 0 Å². The minimum absolute atomic E-state index is 0.159. The van der Waals surface area contributed by atoms with Crippen LogP contribution in [0.1, 0.15) is 41.6 Å². The zero-order chi connectivity index (χ0) is 24.5. The van der Waals surface area contributed by atoms with Crippen LogP contribution in [0.4, 0.5) is 5.69 Å². The van der Waals surface area contributed by atoms with Gasteiger partial charge in [-0.1, -0.05) is 35.5 Å². The van der Waals surface area contributed by atoms with Crippen LogP contribution in [0.25, 0.3) is 0 Å². The SMILES string of the molecule is C=CCn1c(SCC(=O)Nc2ccc(OCC)cc2)nnc1[C@@H](C)NC(=O)c1ccc(C)cc1. The maximum absolute atomic E-state index is 12.6. The Hall–Kier alpha value is -3.59. The van der Waals surface area contributed by atoms with Gasteiger partial charge in [-0.3, -0.25) is 9.59 Å². The van der Waals surface area contributed by atoms with Crippen molar-refractivity contribution >= 4 is 29.3 Å². The molecule has 1 atom stereocenters. The monoisotopic (exact) mass is 479 g/mol. The molecule has 8 nitrogen and oxygen atoms in total. The molecule has 1 heterocycles. The Kier molecular flexibility index (Phi) is 8.86. The van der Waals surface area contributed by atoms with E-state index in [9.17, 15) is 9.59 Å². The minimum Gasteiger partial charge on any atom is -0.494 e. The van der Waals surface area contributed by atoms with E-state index in [1.165, 1.54) is 11.8 Å². The van der Waals surface area contributed by atoms with E-state index in [0.717, 1.165) is 11.3 Å². The summed E-state index contributed by atoms with van der Waals surface area (Å²) in [6, 6.07) is 14.2. The van der Waals surface area contributed by atoms with Crippen molar-refractivity contribution < 1.29 is 14.3 Å². The molecule has 0 spiro atoms. The molecule has 0 unspecified atom stereocenters. The van der Waals surface area contributed by atoms with E-state index in [4.69, 9.17) is 4.74 Å². The molecule has 0 saturated carbocycles. The molecule has 0 aliphatic carbocycles. The number of nitrogens with zero attached hydrogens (tertiary/aromatic N) is 3. The van der Waals surface area contributed by atoms with Crippen molar-refractivity contribution in [3.05, 3.63) is 78.1 Å². The number of benzene rings is 2. The molecule has 0 radical (unpaired) electrons. The van der Waals surface area contributed by atoms with E-state index in [1.807, 2.05) is 49.6 Å². The standard InChI is InChI=1S/C25H29N5O3S/c1-5-15-30-23(18(4)26-24(32)19-9-7-17(3)8-10-19)28-29-25(30)34-16-22(31)27-20-11-13-21(14-12-20)33-6-2/h5,7-14,18H,1,6,15-16H2,2-4H3,(H,26,32)(H,27,31)/t18-/m1/s1. The van der Waals surface area contributed by atoms with Gasteiger partial charge in [0.25, 0.3) is 5.91 Å². The molecule has 2 amide bonds. The van der Waals surface area contributed by atoms with Crippen LogP contribution in [0, 0.1) is 6.92 Å². The molecule has 178 valence electrons. The van der Waals surface area contributed by atoms with Crippen molar-refractivity contribution in [3.63, 3.8) is 0 Å². The van der Waals surface area contributed by atoms with Gasteiger partial charge in [0.05, 0.1) is 18.4 Å². The van der Waals surface area contributed by atoms with E-state index < -0.39 is 0 Å². The Labute approximate surface area is 203 Å². The number of carbonyl (C=O) groups is 2. The topological polar surface area (TPSA) is 98.1 Å². The largest absolute Gasteiger partial charge is 0.494 e. The fourth-order valence-corrected chi connectivity index (χ4v) is 3.96. The van der Waals surface area contributed by atoms with Gasteiger partial charge in [0, 0.05) is 17.8 Å². The molecule has 0 bridgehead atoms. The van der Waals surface area contributed by atoms with Crippen LogP contribution in [0.15, 0.2) is 66.3 Å². The number of hydrogen-bond acceptors (Lipinski definition) is 6. The molecule has 0 saturated heterocycles. The third-order valence-electron chi connectivity index (χ3n) is 4.89. The summed E-state index contributed by atoms with van der Waals surface area (Å²) in [5, 5.41) is 14.9. The fourth-order valence-electron chi connectivity index (χ4n) is 3.21. The van der Waals surface area contributed by atoms with Gasteiger partial charge in [-0.25, -0.2) is 0 Å². The maximum Gasteiger partial charge on any atom is 0.251 e. The van der Waals surface area contributed by atoms with Crippen molar-refractivity contribution in [2.24, 2.45) is 0 Å². The normalized spacial score (nSPS) is 11.5. The van der Waals surface area contributed by atoms with Crippen molar-refractivity contribution in [2.75, 3.05) is 17.7 Å². The number of amides is 2. The summed E-state index contributed by atoms with van der Waals surface area (Å²) in [6.07, 6.45) is 1.73. The van der Waals surface area contributed by atoms with Crippen molar-refractivity contribution in [1.29, 1.82) is 0 Å². The molecular weight excluding hydrogens is 450 g/mol. The first kappa shape index (κ1) is 25.0. The summed E-state index contributed by atoms with van der Waals surface area (Å²) in [7, 11) is 0. The molecule has 0 aliphatic rings. The first-order valence-electron chi connectivity index (χ1n) is 11.0. The Morgan fingerprint density at radius 2 is 1.85 bits per heavy atom. The maximum atomic E-state index is 12.6. The summed E-state index contributed by atoms with van der Waals surface area (Å²) in [4.78, 5) is 25.0. The lowest BCUT2D eigenvalue weighted by atomic mass is 10.1. The molecule has 34 heavy (non-hydrogen) atoms. The molecular formula is C25H29N5O3S. The van der Waals surface area contributed by atoms with Crippen molar-refractivity contribution in [2.45, 2.75) is 38.5 Å². The van der Waals surface area contributed by atoms with Crippen LogP contribution in [0.5, 0.6) is 5.75 Å². The third-order valence-corrected chi connectivity index (χ3v) is 5.85. The molecule has 3 aromatic rings. The first-order chi connectivity index (χ1) is 16.4. The third kappa shape index (κ3) is 6.71. The highest BCUT2D eigenvalue weighted by atomic mass is 32.2. The van der Waals surface area contributed by atoms with Crippen LogP contribution in [-0.2, 0) is 11.3 Å². The number of nitrogens with one attached hydrogen (secondary N) is 2. The Bertz CT molecular complexity index is 1130. The number of thioether (sulfide) groups is 1. The average Bonchev–Trinajstić information content (AvgIpc) is 3.22. The molecule has 2 aromatic carbocycles. The zero-order valence-electron chi connectivity index (χ0n) is 19.6. The summed E-state index contributed by atoms with van der Waals surface area (Å²) < 4.78 is 7.26. The predicted molar refractivity (Wildman–Crippen MR) is 134 cm³/mol. The van der Waals surface area contributed by atoms with Gasteiger partial charge in [-0.2, -0.15) is 0 Å². The lowest BCUT2D eigenvalue weighted by molar-refractivity contribution is -0.113. The Morgan fingerprint density at radius 1 is 1.15 bits per heavy atom. The van der Waals surface area contributed by atoms with E-state index >= 15 is 0 Å². The number of aryl methyl sites for hydroxylation is 1. The van der Waals surface area contributed by atoms with E-state index in [0.29, 0.717) is 35.4 Å².